The molecule has 1 aromatic heterocycles. The van der Waals surface area contributed by atoms with Crippen LogP contribution in [0.5, 0.6) is 0 Å². The molecule has 0 radical (unpaired) electrons. The molecule has 0 aliphatic carbocycles. The molecule has 1 fully saturated rings. The largest absolute Gasteiger partial charge is 0.340 e. The van der Waals surface area contributed by atoms with Gasteiger partial charge >= 0.3 is 0 Å². The van der Waals surface area contributed by atoms with Gasteiger partial charge in [0.05, 0.1) is 5.56 Å². The highest BCUT2D eigenvalue weighted by atomic mass is 19.1. The van der Waals surface area contributed by atoms with Crippen molar-refractivity contribution in [3.63, 3.8) is 0 Å². The van der Waals surface area contributed by atoms with E-state index in [1.54, 1.807) is 25.3 Å². The molecule has 1 N–H and O–H groups in total. The summed E-state index contributed by atoms with van der Waals surface area (Å²) in [5, 5.41) is 5.10. The van der Waals surface area contributed by atoms with Crippen molar-refractivity contribution in [3.8, 4) is 0 Å². The van der Waals surface area contributed by atoms with E-state index in [9.17, 15) is 9.18 Å². The molecule has 2 heterocycles. The van der Waals surface area contributed by atoms with E-state index >= 15 is 0 Å². The van der Waals surface area contributed by atoms with Gasteiger partial charge in [-0.3, -0.25) is 4.79 Å². The van der Waals surface area contributed by atoms with Crippen LogP contribution in [0.4, 0.5) is 15.9 Å². The van der Waals surface area contributed by atoms with Crippen molar-refractivity contribution in [2.75, 3.05) is 18.4 Å². The second-order valence-electron chi connectivity index (χ2n) is 7.46. The lowest BCUT2D eigenvalue weighted by Gasteiger charge is -2.27. The maximum Gasteiger partial charge on any atom is 0.256 e. The number of nitrogens with zero attached hydrogens (tertiary/aromatic N) is 2. The zero-order valence-electron chi connectivity index (χ0n) is 16.3. The highest BCUT2D eigenvalue weighted by Gasteiger charge is 2.22. The van der Waals surface area contributed by atoms with Gasteiger partial charge < -0.3 is 10.2 Å². The van der Waals surface area contributed by atoms with E-state index in [-0.39, 0.29) is 11.7 Å². The van der Waals surface area contributed by atoms with Crippen molar-refractivity contribution in [3.05, 3.63) is 65.1 Å². The molecule has 1 amide bonds. The first-order chi connectivity index (χ1) is 13.5. The number of likely N-dealkylation sites (tertiary alicyclic amines) is 1. The van der Waals surface area contributed by atoms with E-state index in [0.717, 1.165) is 48.0 Å². The standard InChI is InChI=1S/C23H24FN3O/c1-15-7-6-8-18-21(15)19(23(28)27-11-4-3-5-12-27)14-25-22(18)26-17-9-10-20(24)16(2)13-17/h6-10,13-14H,3-5,11-12H2,1-2H3,(H,25,26). The Bertz CT molecular complexity index is 1040. The monoisotopic (exact) mass is 377 g/mol. The number of aryl methyl sites for hydroxylation is 2. The molecule has 0 spiro atoms. The number of piperidine rings is 1. The van der Waals surface area contributed by atoms with Gasteiger partial charge in [0, 0.05) is 35.7 Å². The lowest BCUT2D eigenvalue weighted by Crippen LogP contribution is -2.35. The molecule has 0 unspecified atom stereocenters. The van der Waals surface area contributed by atoms with Crippen LogP contribution in [0.25, 0.3) is 10.8 Å². The Balaban J connectivity index is 1.76. The summed E-state index contributed by atoms with van der Waals surface area (Å²) in [5.41, 5.74) is 3.03. The third kappa shape index (κ3) is 3.44. The quantitative estimate of drug-likeness (QED) is 0.668. The fourth-order valence-corrected chi connectivity index (χ4v) is 3.87. The highest BCUT2D eigenvalue weighted by Crippen LogP contribution is 2.31. The number of amides is 1. The zero-order chi connectivity index (χ0) is 19.7. The average Bonchev–Trinajstić information content (AvgIpc) is 2.71. The predicted molar refractivity (Wildman–Crippen MR) is 111 cm³/mol. The first-order valence-electron chi connectivity index (χ1n) is 9.75. The molecule has 4 rings (SSSR count). The summed E-state index contributed by atoms with van der Waals surface area (Å²) < 4.78 is 13.6. The smallest absolute Gasteiger partial charge is 0.256 e. The summed E-state index contributed by atoms with van der Waals surface area (Å²) in [4.78, 5) is 19.6. The Morgan fingerprint density at radius 2 is 1.86 bits per heavy atom. The van der Waals surface area contributed by atoms with Gasteiger partial charge in [-0.25, -0.2) is 9.37 Å². The number of carbonyl (C=O) groups is 1. The third-order valence-electron chi connectivity index (χ3n) is 5.41. The van der Waals surface area contributed by atoms with E-state index in [2.05, 4.69) is 10.3 Å². The van der Waals surface area contributed by atoms with Gasteiger partial charge in [0.25, 0.3) is 5.91 Å². The van der Waals surface area contributed by atoms with Crippen LogP contribution in [0.2, 0.25) is 0 Å². The van der Waals surface area contributed by atoms with E-state index in [0.29, 0.717) is 16.9 Å². The minimum atomic E-state index is -0.235. The van der Waals surface area contributed by atoms with Crippen molar-refractivity contribution < 1.29 is 9.18 Å². The normalized spacial score (nSPS) is 14.3. The Kier molecular flexibility index (Phi) is 4.99. The van der Waals surface area contributed by atoms with Gasteiger partial charge in [0.2, 0.25) is 0 Å². The number of nitrogens with one attached hydrogen (secondary N) is 1. The number of benzene rings is 2. The first kappa shape index (κ1) is 18.4. The van der Waals surface area contributed by atoms with Crippen LogP contribution in [0, 0.1) is 19.7 Å². The molecule has 144 valence electrons. The molecular formula is C23H24FN3O. The fraction of sp³-hybridized carbons (Fsp3) is 0.304. The molecule has 0 atom stereocenters. The van der Waals surface area contributed by atoms with Gasteiger partial charge in [0.1, 0.15) is 11.6 Å². The fourth-order valence-electron chi connectivity index (χ4n) is 3.87. The lowest BCUT2D eigenvalue weighted by atomic mass is 10.00. The number of aromatic nitrogens is 1. The summed E-state index contributed by atoms with van der Waals surface area (Å²) in [7, 11) is 0. The summed E-state index contributed by atoms with van der Waals surface area (Å²) in [6.45, 7) is 5.36. The Hall–Kier alpha value is -2.95. The van der Waals surface area contributed by atoms with Crippen LogP contribution >= 0.6 is 0 Å². The Labute approximate surface area is 164 Å². The second kappa shape index (κ2) is 7.58. The minimum absolute atomic E-state index is 0.0516. The van der Waals surface area contributed by atoms with Crippen LogP contribution in [-0.2, 0) is 0 Å². The summed E-state index contributed by atoms with van der Waals surface area (Å²) in [6.07, 6.45) is 4.96. The Morgan fingerprint density at radius 3 is 2.61 bits per heavy atom. The van der Waals surface area contributed by atoms with Gasteiger partial charge in [-0.15, -0.1) is 0 Å². The number of anilines is 2. The van der Waals surface area contributed by atoms with Crippen molar-refractivity contribution >= 4 is 28.2 Å². The Morgan fingerprint density at radius 1 is 1.07 bits per heavy atom. The highest BCUT2D eigenvalue weighted by molar-refractivity contribution is 6.10. The van der Waals surface area contributed by atoms with E-state index in [1.807, 2.05) is 30.0 Å². The molecule has 1 aliphatic heterocycles. The molecule has 3 aromatic rings. The molecule has 0 saturated carbocycles. The van der Waals surface area contributed by atoms with Gasteiger partial charge in [0.15, 0.2) is 0 Å². The van der Waals surface area contributed by atoms with Crippen LogP contribution in [-0.4, -0.2) is 28.9 Å². The zero-order valence-corrected chi connectivity index (χ0v) is 16.3. The van der Waals surface area contributed by atoms with Gasteiger partial charge in [-0.2, -0.15) is 0 Å². The van der Waals surface area contributed by atoms with Crippen LogP contribution < -0.4 is 5.32 Å². The molecule has 1 saturated heterocycles. The van der Waals surface area contributed by atoms with Crippen LogP contribution in [0.1, 0.15) is 40.7 Å². The summed E-state index contributed by atoms with van der Waals surface area (Å²) in [6, 6.07) is 10.8. The number of fused-ring (bicyclic) bond motifs is 1. The SMILES string of the molecule is Cc1cc(Nc2ncc(C(=O)N3CCCCC3)c3c(C)cccc23)ccc1F. The molecule has 1 aliphatic rings. The molecular weight excluding hydrogens is 353 g/mol. The number of carbonyl (C=O) groups excluding carboxylic acids is 1. The van der Waals surface area contributed by atoms with Crippen molar-refractivity contribution in [1.29, 1.82) is 0 Å². The van der Waals surface area contributed by atoms with Crippen molar-refractivity contribution in [2.45, 2.75) is 33.1 Å². The first-order valence-corrected chi connectivity index (χ1v) is 9.75. The number of halogens is 1. The van der Waals surface area contributed by atoms with E-state index in [4.69, 9.17) is 0 Å². The predicted octanol–water partition coefficient (Wildman–Crippen LogP) is 5.36. The van der Waals surface area contributed by atoms with Gasteiger partial charge in [-0.1, -0.05) is 18.2 Å². The molecule has 2 aromatic carbocycles. The topological polar surface area (TPSA) is 45.2 Å². The number of pyridine rings is 1. The average molecular weight is 377 g/mol. The van der Waals surface area contributed by atoms with Crippen molar-refractivity contribution in [2.24, 2.45) is 0 Å². The van der Waals surface area contributed by atoms with Gasteiger partial charge in [-0.05, 0) is 62.4 Å². The maximum atomic E-state index is 13.6. The lowest BCUT2D eigenvalue weighted by molar-refractivity contribution is 0.0726. The second-order valence-corrected chi connectivity index (χ2v) is 7.46. The van der Waals surface area contributed by atoms with E-state index < -0.39 is 0 Å². The van der Waals surface area contributed by atoms with Crippen LogP contribution in [0.3, 0.4) is 0 Å². The number of rotatable bonds is 3. The maximum absolute atomic E-state index is 13.6. The minimum Gasteiger partial charge on any atom is -0.340 e. The molecule has 28 heavy (non-hydrogen) atoms. The molecule has 0 bridgehead atoms. The number of hydrogen-bond acceptors (Lipinski definition) is 3. The van der Waals surface area contributed by atoms with Crippen LogP contribution in [0.15, 0.2) is 42.6 Å². The van der Waals surface area contributed by atoms with Crippen molar-refractivity contribution in [1.82, 2.24) is 9.88 Å². The molecule has 4 nitrogen and oxygen atoms in total. The molecule has 5 heteroatoms. The number of hydrogen-bond donors (Lipinski definition) is 1. The van der Waals surface area contributed by atoms with E-state index in [1.165, 1.54) is 12.5 Å². The summed E-state index contributed by atoms with van der Waals surface area (Å²) >= 11 is 0. The summed E-state index contributed by atoms with van der Waals surface area (Å²) in [5.74, 6) is 0.484. The third-order valence-corrected chi connectivity index (χ3v) is 5.41.